The van der Waals surface area contributed by atoms with Crippen molar-refractivity contribution < 1.29 is 28.6 Å². The van der Waals surface area contributed by atoms with Gasteiger partial charge in [-0.1, -0.05) is 0 Å². The molecule has 31 heavy (non-hydrogen) atoms. The van der Waals surface area contributed by atoms with E-state index in [2.05, 4.69) is 10.6 Å². The zero-order chi connectivity index (χ0) is 23.1. The van der Waals surface area contributed by atoms with Gasteiger partial charge in [-0.2, -0.15) is 0 Å². The molecule has 0 saturated heterocycles. The Morgan fingerprint density at radius 2 is 1.94 bits per heavy atom. The SMILES string of the molecule is COc1ccc2c(C)c(CCC(=O)N[C@@H](CCCNC(N)=O)C(=O)O)c(=O)oc2c1C. The number of urea groups is 1. The highest BCUT2D eigenvalue weighted by Crippen LogP contribution is 2.29. The molecule has 0 unspecified atom stereocenters. The Morgan fingerprint density at radius 3 is 2.55 bits per heavy atom. The molecular weight excluding hydrogens is 406 g/mol. The number of primary amides is 1. The number of amides is 3. The third kappa shape index (κ3) is 5.97. The molecule has 0 spiro atoms. The Kier molecular flexibility index (Phi) is 8.00. The molecule has 10 nitrogen and oxygen atoms in total. The van der Waals surface area contributed by atoms with Crippen LogP contribution in [0.5, 0.6) is 5.75 Å². The molecule has 1 heterocycles. The lowest BCUT2D eigenvalue weighted by Crippen LogP contribution is -2.41. The Hall–Kier alpha value is -3.56. The summed E-state index contributed by atoms with van der Waals surface area (Å²) in [6.07, 6.45) is 0.488. The number of carboxylic acid groups (broad SMARTS) is 1. The number of methoxy groups -OCH3 is 1. The van der Waals surface area contributed by atoms with Gasteiger partial charge in [-0.15, -0.1) is 0 Å². The van der Waals surface area contributed by atoms with Crippen molar-refractivity contribution in [3.8, 4) is 5.75 Å². The molecule has 0 aliphatic carbocycles. The maximum atomic E-state index is 12.5. The monoisotopic (exact) mass is 433 g/mol. The number of hydrogen-bond donors (Lipinski definition) is 4. The number of carbonyl (C=O) groups excluding carboxylic acids is 2. The van der Waals surface area contributed by atoms with Crippen molar-refractivity contribution in [3.63, 3.8) is 0 Å². The number of rotatable bonds is 10. The van der Waals surface area contributed by atoms with Crippen LogP contribution in [-0.4, -0.2) is 42.7 Å². The number of carboxylic acids is 1. The fourth-order valence-electron chi connectivity index (χ4n) is 3.36. The summed E-state index contributed by atoms with van der Waals surface area (Å²) in [5, 5.41) is 14.8. The summed E-state index contributed by atoms with van der Waals surface area (Å²) >= 11 is 0. The second-order valence-electron chi connectivity index (χ2n) is 7.15. The van der Waals surface area contributed by atoms with E-state index < -0.39 is 29.6 Å². The van der Waals surface area contributed by atoms with Crippen LogP contribution in [0.3, 0.4) is 0 Å². The highest BCUT2D eigenvalue weighted by molar-refractivity contribution is 5.86. The van der Waals surface area contributed by atoms with E-state index >= 15 is 0 Å². The first-order chi connectivity index (χ1) is 14.6. The molecule has 1 aromatic heterocycles. The van der Waals surface area contributed by atoms with E-state index in [-0.39, 0.29) is 25.8 Å². The van der Waals surface area contributed by atoms with Crippen molar-refractivity contribution in [1.29, 1.82) is 0 Å². The normalized spacial score (nSPS) is 11.7. The summed E-state index contributed by atoms with van der Waals surface area (Å²) in [5.74, 6) is -1.08. The Labute approximate surface area is 178 Å². The number of hydrogen-bond acceptors (Lipinski definition) is 6. The van der Waals surface area contributed by atoms with Crippen molar-refractivity contribution in [2.75, 3.05) is 13.7 Å². The number of ether oxygens (including phenoxy) is 1. The van der Waals surface area contributed by atoms with Gasteiger partial charge in [-0.05, 0) is 50.8 Å². The Morgan fingerprint density at radius 1 is 1.23 bits per heavy atom. The Bertz CT molecular complexity index is 1050. The molecule has 3 amide bonds. The first-order valence-corrected chi connectivity index (χ1v) is 9.81. The van der Waals surface area contributed by atoms with Gasteiger partial charge in [0.2, 0.25) is 5.91 Å². The lowest BCUT2D eigenvalue weighted by molar-refractivity contribution is -0.142. The molecular formula is C21H27N3O7. The largest absolute Gasteiger partial charge is 0.496 e. The second kappa shape index (κ2) is 10.5. The van der Waals surface area contributed by atoms with E-state index in [9.17, 15) is 24.3 Å². The van der Waals surface area contributed by atoms with E-state index in [4.69, 9.17) is 14.9 Å². The van der Waals surface area contributed by atoms with Gasteiger partial charge < -0.3 is 30.6 Å². The number of carbonyl (C=O) groups is 3. The van der Waals surface area contributed by atoms with Crippen molar-refractivity contribution in [3.05, 3.63) is 39.2 Å². The van der Waals surface area contributed by atoms with Crippen LogP contribution in [0, 0.1) is 13.8 Å². The maximum Gasteiger partial charge on any atom is 0.339 e. The van der Waals surface area contributed by atoms with E-state index in [0.717, 1.165) is 5.39 Å². The summed E-state index contributed by atoms with van der Waals surface area (Å²) < 4.78 is 10.7. The van der Waals surface area contributed by atoms with E-state index in [0.29, 0.717) is 34.4 Å². The molecule has 168 valence electrons. The molecule has 10 heteroatoms. The van der Waals surface area contributed by atoms with Gasteiger partial charge >= 0.3 is 17.6 Å². The fraction of sp³-hybridized carbons (Fsp3) is 0.429. The van der Waals surface area contributed by atoms with Gasteiger partial charge in [-0.25, -0.2) is 14.4 Å². The van der Waals surface area contributed by atoms with Crippen molar-refractivity contribution in [2.45, 2.75) is 45.6 Å². The van der Waals surface area contributed by atoms with E-state index in [1.165, 1.54) is 7.11 Å². The summed E-state index contributed by atoms with van der Waals surface area (Å²) in [6, 6.07) is 1.77. The predicted octanol–water partition coefficient (Wildman–Crippen LogP) is 1.37. The molecule has 2 rings (SSSR count). The van der Waals surface area contributed by atoms with Gasteiger partial charge in [0.25, 0.3) is 0 Å². The first-order valence-electron chi connectivity index (χ1n) is 9.81. The molecule has 0 radical (unpaired) electrons. The van der Waals surface area contributed by atoms with Gasteiger partial charge in [0.1, 0.15) is 17.4 Å². The summed E-state index contributed by atoms with van der Waals surface area (Å²) in [6.45, 7) is 3.78. The minimum absolute atomic E-state index is 0.0738. The smallest absolute Gasteiger partial charge is 0.339 e. The molecule has 2 aromatic rings. The molecule has 0 aliphatic rings. The lowest BCUT2D eigenvalue weighted by atomic mass is 10.00. The average molecular weight is 433 g/mol. The van der Waals surface area contributed by atoms with Crippen LogP contribution in [0.15, 0.2) is 21.3 Å². The van der Waals surface area contributed by atoms with Gasteiger partial charge in [0.05, 0.1) is 7.11 Å². The zero-order valence-electron chi connectivity index (χ0n) is 17.7. The topological polar surface area (TPSA) is 161 Å². The molecule has 0 aliphatic heterocycles. The fourth-order valence-corrected chi connectivity index (χ4v) is 3.36. The number of aliphatic carboxylic acids is 1. The quantitative estimate of drug-likeness (QED) is 0.325. The van der Waals surface area contributed by atoms with Gasteiger partial charge in [0.15, 0.2) is 0 Å². The lowest BCUT2D eigenvalue weighted by Gasteiger charge is -2.15. The van der Waals surface area contributed by atoms with E-state index in [1.807, 2.05) is 0 Å². The predicted molar refractivity (Wildman–Crippen MR) is 113 cm³/mol. The third-order valence-electron chi connectivity index (χ3n) is 5.08. The molecule has 1 atom stereocenters. The molecule has 1 aromatic carbocycles. The van der Waals surface area contributed by atoms with Crippen LogP contribution in [0.1, 0.15) is 36.0 Å². The maximum absolute atomic E-state index is 12.5. The number of aryl methyl sites for hydroxylation is 2. The first kappa shape index (κ1) is 23.7. The second-order valence-corrected chi connectivity index (χ2v) is 7.15. The van der Waals surface area contributed by atoms with Crippen LogP contribution < -0.4 is 26.7 Å². The minimum atomic E-state index is -1.18. The van der Waals surface area contributed by atoms with Crippen LogP contribution in [-0.2, 0) is 16.0 Å². The minimum Gasteiger partial charge on any atom is -0.496 e. The van der Waals surface area contributed by atoms with Crippen molar-refractivity contribution >= 4 is 28.9 Å². The van der Waals surface area contributed by atoms with Crippen molar-refractivity contribution in [1.82, 2.24) is 10.6 Å². The third-order valence-corrected chi connectivity index (χ3v) is 5.08. The average Bonchev–Trinajstić information content (AvgIpc) is 2.70. The summed E-state index contributed by atoms with van der Waals surface area (Å²) in [5.41, 5.74) is 6.63. The van der Waals surface area contributed by atoms with Gasteiger partial charge in [0, 0.05) is 29.5 Å². The van der Waals surface area contributed by atoms with Crippen LogP contribution in [0.25, 0.3) is 11.0 Å². The summed E-state index contributed by atoms with van der Waals surface area (Å²) in [4.78, 5) is 46.8. The van der Waals surface area contributed by atoms with Crippen LogP contribution >= 0.6 is 0 Å². The van der Waals surface area contributed by atoms with Crippen molar-refractivity contribution in [2.24, 2.45) is 5.73 Å². The zero-order valence-corrected chi connectivity index (χ0v) is 17.7. The molecule has 0 fully saturated rings. The van der Waals surface area contributed by atoms with Gasteiger partial charge in [-0.3, -0.25) is 4.79 Å². The van der Waals surface area contributed by atoms with Crippen LogP contribution in [0.2, 0.25) is 0 Å². The number of nitrogens with one attached hydrogen (secondary N) is 2. The molecule has 0 bridgehead atoms. The Balaban J connectivity index is 2.07. The molecule has 0 saturated carbocycles. The van der Waals surface area contributed by atoms with E-state index in [1.54, 1.807) is 26.0 Å². The summed E-state index contributed by atoms with van der Waals surface area (Å²) in [7, 11) is 1.53. The highest BCUT2D eigenvalue weighted by atomic mass is 16.5. The highest BCUT2D eigenvalue weighted by Gasteiger charge is 2.21. The number of benzene rings is 1. The number of fused-ring (bicyclic) bond motifs is 1. The standard InChI is InChI=1S/C21H27N3O7/c1-11-13-6-8-16(30-3)12(2)18(13)31-20(28)14(11)7-9-17(25)24-15(19(26)27)5-4-10-23-21(22)29/h6,8,15H,4-5,7,9-10H2,1-3H3,(H,24,25)(H,26,27)(H3,22,23,29)/t15-/m0/s1. The number of nitrogens with two attached hydrogens (primary N) is 1. The molecule has 5 N–H and O–H groups in total. The van der Waals surface area contributed by atoms with Crippen LogP contribution in [0.4, 0.5) is 4.79 Å².